The molecule has 0 unspecified atom stereocenters. The number of nitrogens with zero attached hydrogens (tertiary/aromatic N) is 3. The first-order valence-corrected chi connectivity index (χ1v) is 5.73. The molecule has 1 aromatic heterocycles. The lowest BCUT2D eigenvalue weighted by molar-refractivity contribution is 0.767. The fraction of sp³-hybridized carbons (Fsp3) is 0.154. The highest BCUT2D eigenvalue weighted by Crippen LogP contribution is 2.19. The Labute approximate surface area is 109 Å². The Morgan fingerprint density at radius 1 is 1.44 bits per heavy atom. The fourth-order valence-corrected chi connectivity index (χ4v) is 1.86. The molecule has 0 aliphatic carbocycles. The van der Waals surface area contributed by atoms with Crippen molar-refractivity contribution in [1.82, 2.24) is 9.78 Å². The van der Waals surface area contributed by atoms with Gasteiger partial charge in [-0.3, -0.25) is 4.79 Å². The van der Waals surface area contributed by atoms with E-state index in [0.29, 0.717) is 16.4 Å². The van der Waals surface area contributed by atoms with Crippen LogP contribution in [0.15, 0.2) is 35.1 Å². The molecule has 0 aliphatic heterocycles. The van der Waals surface area contributed by atoms with E-state index >= 15 is 0 Å². The van der Waals surface area contributed by atoms with E-state index in [2.05, 4.69) is 5.10 Å². The van der Waals surface area contributed by atoms with E-state index in [9.17, 15) is 4.79 Å². The first kappa shape index (κ1) is 12.3. The number of hydrogen-bond donors (Lipinski definition) is 0. The van der Waals surface area contributed by atoms with E-state index in [1.807, 2.05) is 24.3 Å². The lowest BCUT2D eigenvalue weighted by Crippen LogP contribution is -2.18. The summed E-state index contributed by atoms with van der Waals surface area (Å²) >= 11 is 6.10. The average Bonchev–Trinajstić information content (AvgIpc) is 2.34. The van der Waals surface area contributed by atoms with Crippen LogP contribution < -0.4 is 5.43 Å². The molecule has 4 nitrogen and oxygen atoms in total. The van der Waals surface area contributed by atoms with Gasteiger partial charge >= 0.3 is 0 Å². The molecule has 0 spiro atoms. The number of nitriles is 1. The van der Waals surface area contributed by atoms with Crippen molar-refractivity contribution in [1.29, 1.82) is 5.26 Å². The molecule has 0 fully saturated rings. The van der Waals surface area contributed by atoms with Gasteiger partial charge in [-0.2, -0.15) is 10.4 Å². The second-order valence-corrected chi connectivity index (χ2v) is 4.20. The van der Waals surface area contributed by atoms with Crippen molar-refractivity contribution < 1.29 is 0 Å². The first-order chi connectivity index (χ1) is 8.63. The van der Waals surface area contributed by atoms with Gasteiger partial charge in [0, 0.05) is 11.8 Å². The molecule has 5 heteroatoms. The molecule has 0 aliphatic rings. The van der Waals surface area contributed by atoms with Crippen LogP contribution >= 0.6 is 11.6 Å². The minimum atomic E-state index is -0.225. The Morgan fingerprint density at radius 3 is 2.83 bits per heavy atom. The average molecular weight is 260 g/mol. The highest BCUT2D eigenvalue weighted by Gasteiger charge is 2.09. The highest BCUT2D eigenvalue weighted by molar-refractivity contribution is 6.32. The van der Waals surface area contributed by atoms with Crippen molar-refractivity contribution in [2.24, 2.45) is 0 Å². The highest BCUT2D eigenvalue weighted by atomic mass is 35.5. The van der Waals surface area contributed by atoms with Crippen LogP contribution in [0.4, 0.5) is 0 Å². The zero-order chi connectivity index (χ0) is 13.1. The maximum absolute atomic E-state index is 11.6. The smallest absolute Gasteiger partial charge is 0.204 e. The Hall–Kier alpha value is -2.12. The van der Waals surface area contributed by atoms with Gasteiger partial charge in [0.25, 0.3) is 0 Å². The van der Waals surface area contributed by atoms with E-state index in [-0.39, 0.29) is 17.5 Å². The van der Waals surface area contributed by atoms with Crippen molar-refractivity contribution in [3.8, 4) is 11.8 Å². The zero-order valence-corrected chi connectivity index (χ0v) is 10.5. The molecule has 1 heterocycles. The van der Waals surface area contributed by atoms with Gasteiger partial charge in [-0.05, 0) is 19.1 Å². The van der Waals surface area contributed by atoms with E-state index in [1.165, 1.54) is 6.07 Å². The van der Waals surface area contributed by atoms with Crippen molar-refractivity contribution >= 4 is 11.6 Å². The summed E-state index contributed by atoms with van der Waals surface area (Å²) in [5.41, 5.74) is 1.37. The van der Waals surface area contributed by atoms with Gasteiger partial charge in [-0.15, -0.1) is 0 Å². The minimum Gasteiger partial charge on any atom is -0.288 e. The normalized spacial score (nSPS) is 10.1. The number of aromatic nitrogens is 2. The molecule has 2 rings (SSSR count). The molecule has 0 N–H and O–H groups in total. The van der Waals surface area contributed by atoms with Crippen molar-refractivity contribution in [3.63, 3.8) is 0 Å². The van der Waals surface area contributed by atoms with E-state index in [1.54, 1.807) is 17.7 Å². The second kappa shape index (κ2) is 5.03. The number of halogens is 1. The molecular weight excluding hydrogens is 250 g/mol. The second-order valence-electron chi connectivity index (χ2n) is 3.79. The Bertz CT molecular complexity index is 685. The van der Waals surface area contributed by atoms with Gasteiger partial charge in [-0.1, -0.05) is 23.7 Å². The number of aryl methyl sites for hydroxylation is 1. The van der Waals surface area contributed by atoms with Gasteiger partial charge in [-0.25, -0.2) is 4.68 Å². The summed E-state index contributed by atoms with van der Waals surface area (Å²) in [7, 11) is 0. The summed E-state index contributed by atoms with van der Waals surface area (Å²) < 4.78 is 1.58. The predicted octanol–water partition coefficient (Wildman–Crippen LogP) is 2.26. The van der Waals surface area contributed by atoms with E-state index < -0.39 is 0 Å². The monoisotopic (exact) mass is 259 g/mol. The van der Waals surface area contributed by atoms with Crippen molar-refractivity contribution in [3.05, 3.63) is 57.0 Å². The van der Waals surface area contributed by atoms with Gasteiger partial charge in [0.15, 0.2) is 0 Å². The molecule has 0 amide bonds. The largest absolute Gasteiger partial charge is 0.288 e. The quantitative estimate of drug-likeness (QED) is 0.831. The molecule has 0 bridgehead atoms. The summed E-state index contributed by atoms with van der Waals surface area (Å²) in [6.45, 7) is 1.77. The third-order valence-corrected chi connectivity index (χ3v) is 2.83. The van der Waals surface area contributed by atoms with Crippen LogP contribution in [0.25, 0.3) is 5.69 Å². The molecule has 0 radical (unpaired) electrons. The topological polar surface area (TPSA) is 58.7 Å². The summed E-state index contributed by atoms with van der Waals surface area (Å²) in [5.74, 6) is 0. The van der Waals surface area contributed by atoms with Crippen LogP contribution in [-0.4, -0.2) is 9.78 Å². The Balaban J connectivity index is 2.66. The van der Waals surface area contributed by atoms with E-state index in [4.69, 9.17) is 16.9 Å². The predicted molar refractivity (Wildman–Crippen MR) is 68.9 cm³/mol. The number of para-hydroxylation sites is 1. The van der Waals surface area contributed by atoms with Crippen LogP contribution in [-0.2, 0) is 6.42 Å². The Kier molecular flexibility index (Phi) is 3.45. The molecule has 0 saturated carbocycles. The molecule has 0 atom stereocenters. The van der Waals surface area contributed by atoms with Gasteiger partial charge in [0.1, 0.15) is 5.69 Å². The third kappa shape index (κ3) is 2.27. The summed E-state index contributed by atoms with van der Waals surface area (Å²) in [6.07, 6.45) is -0.0104. The molecule has 1 aromatic carbocycles. The van der Waals surface area contributed by atoms with Gasteiger partial charge in [0.2, 0.25) is 5.43 Å². The van der Waals surface area contributed by atoms with Crippen LogP contribution in [0.1, 0.15) is 11.4 Å². The van der Waals surface area contributed by atoms with Crippen LogP contribution in [0.5, 0.6) is 0 Å². The van der Waals surface area contributed by atoms with Crippen molar-refractivity contribution in [2.45, 2.75) is 13.3 Å². The fourth-order valence-electron chi connectivity index (χ4n) is 1.65. The lowest BCUT2D eigenvalue weighted by Gasteiger charge is -2.11. The minimum absolute atomic E-state index is 0.0104. The summed E-state index contributed by atoms with van der Waals surface area (Å²) in [4.78, 5) is 11.6. The van der Waals surface area contributed by atoms with Crippen LogP contribution in [0.3, 0.4) is 0 Å². The number of benzene rings is 1. The molecule has 0 saturated heterocycles. The third-order valence-electron chi connectivity index (χ3n) is 2.51. The number of hydrogen-bond acceptors (Lipinski definition) is 3. The van der Waals surface area contributed by atoms with Gasteiger partial charge < -0.3 is 0 Å². The summed E-state index contributed by atoms with van der Waals surface area (Å²) in [5, 5.41) is 13.4. The van der Waals surface area contributed by atoms with Crippen LogP contribution in [0, 0.1) is 18.3 Å². The van der Waals surface area contributed by atoms with Crippen molar-refractivity contribution in [2.75, 3.05) is 0 Å². The number of rotatable bonds is 2. The Morgan fingerprint density at radius 2 is 2.17 bits per heavy atom. The molecule has 2 aromatic rings. The standard InChI is InChI=1S/C13H10ClN3O/c1-9-8-13(18)11(6-7-15)16-17(9)12-5-3-2-4-10(12)14/h2-5,8H,6H2,1H3. The lowest BCUT2D eigenvalue weighted by atomic mass is 10.2. The first-order valence-electron chi connectivity index (χ1n) is 5.35. The van der Waals surface area contributed by atoms with Crippen LogP contribution in [0.2, 0.25) is 5.02 Å². The SMILES string of the molecule is Cc1cc(=O)c(CC#N)nn1-c1ccccc1Cl. The zero-order valence-electron chi connectivity index (χ0n) is 9.72. The summed E-state index contributed by atoms with van der Waals surface area (Å²) in [6, 6.07) is 10.6. The van der Waals surface area contributed by atoms with Gasteiger partial charge in [0.05, 0.1) is 23.2 Å². The maximum atomic E-state index is 11.6. The van der Waals surface area contributed by atoms with E-state index in [0.717, 1.165) is 0 Å². The maximum Gasteiger partial charge on any atom is 0.204 e. The molecule has 90 valence electrons. The molecule has 18 heavy (non-hydrogen) atoms. The molecular formula is C13H10ClN3O.